The van der Waals surface area contributed by atoms with E-state index in [-0.39, 0.29) is 5.75 Å². The number of nitrogen functional groups attached to an aromatic ring is 1. The number of rotatable bonds is 4. The predicted molar refractivity (Wildman–Crippen MR) is 146 cm³/mol. The number of hydrogen-bond donors (Lipinski definition) is 2. The van der Waals surface area contributed by atoms with Gasteiger partial charge in [0.2, 0.25) is 0 Å². The van der Waals surface area contributed by atoms with Gasteiger partial charge in [-0.3, -0.25) is 4.90 Å². The van der Waals surface area contributed by atoms with Crippen molar-refractivity contribution >= 4 is 17.2 Å². The Bertz CT molecular complexity index is 1330. The molecule has 8 heteroatoms. The molecule has 2 aromatic heterocycles. The fraction of sp³-hybridized carbons (Fsp3) is 0.414. The first kappa shape index (κ1) is 23.6. The lowest BCUT2D eigenvalue weighted by molar-refractivity contribution is 0.190. The van der Waals surface area contributed by atoms with Gasteiger partial charge in [0.1, 0.15) is 11.4 Å². The molecule has 3 fully saturated rings. The Labute approximate surface area is 218 Å². The number of likely N-dealkylation sites (tertiary alicyclic amines) is 1. The van der Waals surface area contributed by atoms with Gasteiger partial charge in [-0.15, -0.1) is 10.2 Å². The van der Waals surface area contributed by atoms with E-state index in [0.29, 0.717) is 22.5 Å². The molecule has 37 heavy (non-hydrogen) atoms. The molecule has 1 spiro atoms. The van der Waals surface area contributed by atoms with E-state index < -0.39 is 0 Å². The molecular weight excluding hydrogens is 462 g/mol. The van der Waals surface area contributed by atoms with Crippen LogP contribution in [0.15, 0.2) is 48.7 Å². The molecule has 0 radical (unpaired) electrons. The molecule has 2 aliphatic heterocycles. The molecule has 3 aromatic rings. The molecule has 3 N–H and O–H groups in total. The van der Waals surface area contributed by atoms with Crippen LogP contribution in [0, 0.1) is 17.3 Å². The number of phenolic OH excluding ortho intramolecular Hbond substituents is 1. The fourth-order valence-electron chi connectivity index (χ4n) is 5.46. The highest BCUT2D eigenvalue weighted by atomic mass is 16.3. The zero-order valence-electron chi connectivity index (χ0n) is 21.1. The van der Waals surface area contributed by atoms with Crippen LogP contribution in [-0.2, 0) is 0 Å². The molecule has 190 valence electrons. The highest BCUT2D eigenvalue weighted by molar-refractivity contribution is 5.74. The maximum Gasteiger partial charge on any atom is 0.169 e. The van der Waals surface area contributed by atoms with Crippen LogP contribution in [0.3, 0.4) is 0 Å². The van der Waals surface area contributed by atoms with Gasteiger partial charge in [0.05, 0.1) is 17.9 Å². The van der Waals surface area contributed by atoms with Crippen molar-refractivity contribution in [2.45, 2.75) is 25.7 Å². The third-order valence-corrected chi connectivity index (χ3v) is 8.10. The summed E-state index contributed by atoms with van der Waals surface area (Å²) in [4.78, 5) is 11.6. The number of nitrogens with zero attached hydrogens (tertiary/aromatic N) is 6. The molecule has 8 nitrogen and oxygen atoms in total. The van der Waals surface area contributed by atoms with Gasteiger partial charge in [-0.2, -0.15) is 0 Å². The number of piperidine rings is 1. The van der Waals surface area contributed by atoms with Crippen molar-refractivity contribution in [3.05, 3.63) is 54.4 Å². The Balaban J connectivity index is 1.08. The number of phenols is 1. The van der Waals surface area contributed by atoms with Crippen LogP contribution < -0.4 is 15.5 Å². The Morgan fingerprint density at radius 1 is 0.892 bits per heavy atom. The second-order valence-corrected chi connectivity index (χ2v) is 10.5. The van der Waals surface area contributed by atoms with E-state index in [1.807, 2.05) is 24.4 Å². The third-order valence-electron chi connectivity index (χ3n) is 8.10. The van der Waals surface area contributed by atoms with Crippen molar-refractivity contribution in [1.82, 2.24) is 20.1 Å². The van der Waals surface area contributed by atoms with Gasteiger partial charge < -0.3 is 20.6 Å². The maximum atomic E-state index is 10.2. The second kappa shape index (κ2) is 9.91. The summed E-state index contributed by atoms with van der Waals surface area (Å²) >= 11 is 0. The fourth-order valence-corrected chi connectivity index (χ4v) is 5.46. The van der Waals surface area contributed by atoms with E-state index >= 15 is 0 Å². The number of para-hydroxylation sites is 1. The zero-order chi connectivity index (χ0) is 25.2. The first-order chi connectivity index (χ1) is 18.1. The van der Waals surface area contributed by atoms with Crippen LogP contribution in [0.5, 0.6) is 5.75 Å². The summed E-state index contributed by atoms with van der Waals surface area (Å²) in [6.45, 7) is 6.48. The molecule has 0 unspecified atom stereocenters. The van der Waals surface area contributed by atoms with E-state index in [1.54, 1.807) is 12.1 Å². The number of hydrogen-bond acceptors (Lipinski definition) is 8. The molecule has 1 aromatic carbocycles. The Morgan fingerprint density at radius 3 is 2.41 bits per heavy atom. The van der Waals surface area contributed by atoms with Gasteiger partial charge in [-0.1, -0.05) is 18.1 Å². The average Bonchev–Trinajstić information content (AvgIpc) is 3.70. The summed E-state index contributed by atoms with van der Waals surface area (Å²) < 4.78 is 0. The van der Waals surface area contributed by atoms with Crippen molar-refractivity contribution in [3.8, 4) is 28.8 Å². The summed E-state index contributed by atoms with van der Waals surface area (Å²) in [6, 6.07) is 13.2. The average molecular weight is 496 g/mol. The van der Waals surface area contributed by atoms with E-state index in [1.165, 1.54) is 38.8 Å². The van der Waals surface area contributed by atoms with Gasteiger partial charge in [0.25, 0.3) is 0 Å². The van der Waals surface area contributed by atoms with Gasteiger partial charge in [-0.25, -0.2) is 4.98 Å². The highest BCUT2D eigenvalue weighted by Crippen LogP contribution is 2.53. The van der Waals surface area contributed by atoms with Crippen LogP contribution in [0.2, 0.25) is 0 Å². The molecule has 4 heterocycles. The maximum absolute atomic E-state index is 10.2. The number of benzene rings is 1. The molecule has 1 saturated carbocycles. The van der Waals surface area contributed by atoms with Crippen molar-refractivity contribution in [2.75, 3.05) is 61.3 Å². The van der Waals surface area contributed by atoms with E-state index in [4.69, 9.17) is 5.73 Å². The topological polar surface area (TPSA) is 94.6 Å². The lowest BCUT2D eigenvalue weighted by atomic mass is 9.94. The number of anilines is 3. The van der Waals surface area contributed by atoms with Gasteiger partial charge >= 0.3 is 0 Å². The minimum Gasteiger partial charge on any atom is -0.507 e. The van der Waals surface area contributed by atoms with Crippen LogP contribution in [0.25, 0.3) is 11.3 Å². The Morgan fingerprint density at radius 2 is 1.65 bits per heavy atom. The highest BCUT2D eigenvalue weighted by Gasteiger charge is 2.44. The largest absolute Gasteiger partial charge is 0.507 e. The first-order valence-electron chi connectivity index (χ1n) is 13.2. The van der Waals surface area contributed by atoms with Gasteiger partial charge in [0.15, 0.2) is 5.82 Å². The van der Waals surface area contributed by atoms with E-state index in [0.717, 1.165) is 49.8 Å². The molecule has 6 rings (SSSR count). The molecule has 3 aliphatic rings. The molecule has 0 bridgehead atoms. The van der Waals surface area contributed by atoms with E-state index in [2.05, 4.69) is 53.9 Å². The van der Waals surface area contributed by atoms with Crippen molar-refractivity contribution in [3.63, 3.8) is 0 Å². The van der Waals surface area contributed by atoms with Crippen molar-refractivity contribution in [2.24, 2.45) is 5.41 Å². The lowest BCUT2D eigenvalue weighted by Gasteiger charge is -2.37. The van der Waals surface area contributed by atoms with Crippen LogP contribution in [0.1, 0.15) is 31.4 Å². The summed E-state index contributed by atoms with van der Waals surface area (Å²) in [6.07, 6.45) is 7.40. The minimum atomic E-state index is 0.177. The molecule has 0 atom stereocenters. The monoisotopic (exact) mass is 495 g/mol. The van der Waals surface area contributed by atoms with Crippen LogP contribution in [0.4, 0.5) is 17.2 Å². The summed E-state index contributed by atoms with van der Waals surface area (Å²) in [7, 11) is 0. The molecule has 0 amide bonds. The number of aromatic hydroxyl groups is 1. The Kier molecular flexibility index (Phi) is 6.31. The number of piperazine rings is 1. The zero-order valence-corrected chi connectivity index (χ0v) is 21.1. The lowest BCUT2D eigenvalue weighted by Crippen LogP contribution is -2.46. The SMILES string of the molecule is Nc1nnc(-c2ccccc2O)cc1N1CCN(c2ccnc(C#CCN3CCC4(CC3)CC4)c2)CC1. The Hall–Kier alpha value is -3.83. The van der Waals surface area contributed by atoms with Crippen molar-refractivity contribution in [1.29, 1.82) is 0 Å². The number of nitrogens with two attached hydrogens (primary N) is 1. The predicted octanol–water partition coefficient (Wildman–Crippen LogP) is 3.38. The second-order valence-electron chi connectivity index (χ2n) is 10.5. The molecule has 1 aliphatic carbocycles. The molecular formula is C29H33N7O. The quantitative estimate of drug-likeness (QED) is 0.532. The van der Waals surface area contributed by atoms with Crippen LogP contribution in [-0.4, -0.2) is 71.0 Å². The summed E-state index contributed by atoms with van der Waals surface area (Å²) in [5.74, 6) is 7.21. The first-order valence-corrected chi connectivity index (χ1v) is 13.2. The van der Waals surface area contributed by atoms with Gasteiger partial charge in [0, 0.05) is 43.6 Å². The van der Waals surface area contributed by atoms with Crippen LogP contribution >= 0.6 is 0 Å². The smallest absolute Gasteiger partial charge is 0.169 e. The normalized spacial score (nSPS) is 18.9. The standard InChI is InChI=1S/C29H33N7O/c30-28-26(21-25(32-33-28)24-5-1-2-6-27(24)37)36-18-16-35(17-19-36)23-7-12-31-22(20-23)4-3-13-34-14-10-29(8-9-29)11-15-34/h1-2,5-7,12,20-21,37H,8-11,13-19H2,(H2,30,33). The van der Waals surface area contributed by atoms with Crippen molar-refractivity contribution < 1.29 is 5.11 Å². The number of aromatic nitrogens is 3. The number of pyridine rings is 1. The summed E-state index contributed by atoms with van der Waals surface area (Å²) in [5.41, 5.74) is 11.0. The third kappa shape index (κ3) is 5.18. The van der Waals surface area contributed by atoms with E-state index in [9.17, 15) is 5.11 Å². The summed E-state index contributed by atoms with van der Waals surface area (Å²) in [5, 5.41) is 18.6. The minimum absolute atomic E-state index is 0.177. The molecule has 2 saturated heterocycles. The van der Waals surface area contributed by atoms with Gasteiger partial charge in [-0.05, 0) is 80.4 Å².